The van der Waals surface area contributed by atoms with Crippen molar-refractivity contribution in [2.45, 2.75) is 19.4 Å². The van der Waals surface area contributed by atoms with Crippen LogP contribution in [0.2, 0.25) is 0 Å². The van der Waals surface area contributed by atoms with E-state index in [0.29, 0.717) is 19.5 Å². The molecular formula is C14H19BrN2O3. The number of amides is 2. The summed E-state index contributed by atoms with van der Waals surface area (Å²) in [5, 5.41) is 8.58. The number of rotatable bonds is 6. The van der Waals surface area contributed by atoms with Gasteiger partial charge in [-0.25, -0.2) is 4.79 Å². The van der Waals surface area contributed by atoms with E-state index >= 15 is 0 Å². The molecule has 6 heteroatoms. The van der Waals surface area contributed by atoms with Crippen LogP contribution in [-0.4, -0.2) is 47.5 Å². The molecular weight excluding hydrogens is 324 g/mol. The second-order valence-corrected chi connectivity index (χ2v) is 5.60. The van der Waals surface area contributed by atoms with Gasteiger partial charge in [-0.1, -0.05) is 28.1 Å². The Bertz CT molecular complexity index is 479. The molecule has 0 aromatic heterocycles. The Labute approximate surface area is 127 Å². The lowest BCUT2D eigenvalue weighted by Crippen LogP contribution is -2.38. The van der Waals surface area contributed by atoms with Crippen LogP contribution in [0.25, 0.3) is 0 Å². The quantitative estimate of drug-likeness (QED) is 0.864. The lowest BCUT2D eigenvalue weighted by Gasteiger charge is -2.25. The van der Waals surface area contributed by atoms with Gasteiger partial charge >= 0.3 is 12.0 Å². The topological polar surface area (TPSA) is 60.9 Å². The summed E-state index contributed by atoms with van der Waals surface area (Å²) in [6.45, 7) is 0.954. The van der Waals surface area contributed by atoms with Crippen LogP contribution in [0.1, 0.15) is 18.4 Å². The number of carboxylic acid groups (broad SMARTS) is 1. The molecule has 0 atom stereocenters. The SMILES string of the molecule is CN(CCCC(=O)O)C(=O)N(C)Cc1cccc(Br)c1. The number of hydrogen-bond acceptors (Lipinski definition) is 2. The second kappa shape index (κ2) is 7.89. The first kappa shape index (κ1) is 16.5. The van der Waals surface area contributed by atoms with Crippen LogP contribution >= 0.6 is 15.9 Å². The van der Waals surface area contributed by atoms with Crippen LogP contribution in [0.4, 0.5) is 4.79 Å². The van der Waals surface area contributed by atoms with E-state index in [-0.39, 0.29) is 12.5 Å². The monoisotopic (exact) mass is 342 g/mol. The molecule has 1 aromatic rings. The van der Waals surface area contributed by atoms with Gasteiger partial charge in [0.05, 0.1) is 0 Å². The largest absolute Gasteiger partial charge is 0.481 e. The number of aliphatic carboxylic acids is 1. The minimum absolute atomic E-state index is 0.0764. The maximum atomic E-state index is 12.1. The highest BCUT2D eigenvalue weighted by Gasteiger charge is 2.14. The number of carboxylic acids is 1. The molecule has 0 aliphatic rings. The van der Waals surface area contributed by atoms with Crippen molar-refractivity contribution < 1.29 is 14.7 Å². The molecule has 1 aromatic carbocycles. The van der Waals surface area contributed by atoms with Gasteiger partial charge in [-0.2, -0.15) is 0 Å². The highest BCUT2D eigenvalue weighted by Crippen LogP contribution is 2.13. The number of halogens is 1. The number of benzene rings is 1. The molecule has 0 heterocycles. The van der Waals surface area contributed by atoms with E-state index in [4.69, 9.17) is 5.11 Å². The number of carbonyl (C=O) groups is 2. The lowest BCUT2D eigenvalue weighted by molar-refractivity contribution is -0.137. The average Bonchev–Trinajstić information content (AvgIpc) is 2.37. The summed E-state index contributed by atoms with van der Waals surface area (Å²) in [5.74, 6) is -0.840. The van der Waals surface area contributed by atoms with Gasteiger partial charge in [0.1, 0.15) is 0 Å². The molecule has 0 aliphatic heterocycles. The third-order valence-corrected chi connectivity index (χ3v) is 3.34. The van der Waals surface area contributed by atoms with Gasteiger partial charge in [0.2, 0.25) is 0 Å². The van der Waals surface area contributed by atoms with Crippen molar-refractivity contribution in [2.24, 2.45) is 0 Å². The summed E-state index contributed by atoms with van der Waals surface area (Å²) < 4.78 is 0.977. The Kier molecular flexibility index (Phi) is 6.51. The minimum Gasteiger partial charge on any atom is -0.481 e. The van der Waals surface area contributed by atoms with Crippen molar-refractivity contribution in [1.29, 1.82) is 0 Å². The van der Waals surface area contributed by atoms with Crippen molar-refractivity contribution in [3.63, 3.8) is 0 Å². The van der Waals surface area contributed by atoms with E-state index in [1.807, 2.05) is 24.3 Å². The van der Waals surface area contributed by atoms with Crippen molar-refractivity contribution in [1.82, 2.24) is 9.80 Å². The first-order valence-corrected chi connectivity index (χ1v) is 7.12. The molecule has 0 saturated heterocycles. The standard InChI is InChI=1S/C14H19BrN2O3/c1-16(8-4-7-13(18)19)14(20)17(2)10-11-5-3-6-12(15)9-11/h3,5-6,9H,4,7-8,10H2,1-2H3,(H,18,19). The smallest absolute Gasteiger partial charge is 0.319 e. The van der Waals surface area contributed by atoms with Gasteiger partial charge in [0, 0.05) is 38.1 Å². The molecule has 0 radical (unpaired) electrons. The zero-order chi connectivity index (χ0) is 15.1. The first-order chi connectivity index (χ1) is 9.40. The summed E-state index contributed by atoms with van der Waals surface area (Å²) in [6, 6.07) is 7.67. The van der Waals surface area contributed by atoms with Crippen molar-refractivity contribution in [3.8, 4) is 0 Å². The predicted molar refractivity (Wildman–Crippen MR) is 80.5 cm³/mol. The summed E-state index contributed by atoms with van der Waals surface area (Å²) in [5.41, 5.74) is 1.04. The highest BCUT2D eigenvalue weighted by atomic mass is 79.9. The Balaban J connectivity index is 2.47. The van der Waals surface area contributed by atoms with E-state index in [2.05, 4.69) is 15.9 Å². The van der Waals surface area contributed by atoms with Crippen LogP contribution in [0.15, 0.2) is 28.7 Å². The molecule has 0 saturated carbocycles. The lowest BCUT2D eigenvalue weighted by atomic mass is 10.2. The normalized spacial score (nSPS) is 10.2. The van der Waals surface area contributed by atoms with Crippen molar-refractivity contribution in [3.05, 3.63) is 34.3 Å². The third kappa shape index (κ3) is 5.61. The Morgan fingerprint density at radius 1 is 1.25 bits per heavy atom. The minimum atomic E-state index is -0.840. The number of urea groups is 1. The molecule has 20 heavy (non-hydrogen) atoms. The van der Waals surface area contributed by atoms with Crippen LogP contribution in [0.3, 0.4) is 0 Å². The molecule has 0 fully saturated rings. The van der Waals surface area contributed by atoms with Gasteiger partial charge < -0.3 is 14.9 Å². The summed E-state index contributed by atoms with van der Waals surface area (Å²) in [7, 11) is 3.42. The molecule has 1 N–H and O–H groups in total. The van der Waals surface area contributed by atoms with Gasteiger partial charge in [-0.3, -0.25) is 4.79 Å². The van der Waals surface area contributed by atoms with Gasteiger partial charge in [0.15, 0.2) is 0 Å². The fraction of sp³-hybridized carbons (Fsp3) is 0.429. The van der Waals surface area contributed by atoms with Crippen LogP contribution in [0, 0.1) is 0 Å². The average molecular weight is 343 g/mol. The number of nitrogens with zero attached hydrogens (tertiary/aromatic N) is 2. The fourth-order valence-corrected chi connectivity index (χ4v) is 2.28. The molecule has 5 nitrogen and oxygen atoms in total. The Hall–Kier alpha value is -1.56. The summed E-state index contributed by atoms with van der Waals surface area (Å²) in [4.78, 5) is 25.7. The number of carbonyl (C=O) groups excluding carboxylic acids is 1. The van der Waals surface area contributed by atoms with Gasteiger partial charge in [0.25, 0.3) is 0 Å². The van der Waals surface area contributed by atoms with E-state index in [1.54, 1.807) is 23.9 Å². The van der Waals surface area contributed by atoms with Crippen molar-refractivity contribution >= 4 is 27.9 Å². The first-order valence-electron chi connectivity index (χ1n) is 6.32. The predicted octanol–water partition coefficient (Wildman–Crippen LogP) is 2.80. The fourth-order valence-electron chi connectivity index (χ4n) is 1.83. The Morgan fingerprint density at radius 3 is 2.55 bits per heavy atom. The summed E-state index contributed by atoms with van der Waals surface area (Å²) in [6.07, 6.45) is 0.537. The zero-order valence-electron chi connectivity index (χ0n) is 11.7. The molecule has 0 spiro atoms. The van der Waals surface area contributed by atoms with Crippen LogP contribution < -0.4 is 0 Å². The van der Waals surface area contributed by atoms with Crippen LogP contribution in [0.5, 0.6) is 0 Å². The zero-order valence-corrected chi connectivity index (χ0v) is 13.3. The van der Waals surface area contributed by atoms with Crippen LogP contribution in [-0.2, 0) is 11.3 Å². The van der Waals surface area contributed by atoms with E-state index in [9.17, 15) is 9.59 Å². The van der Waals surface area contributed by atoms with E-state index in [1.165, 1.54) is 0 Å². The number of hydrogen-bond donors (Lipinski definition) is 1. The van der Waals surface area contributed by atoms with Gasteiger partial charge in [-0.05, 0) is 24.1 Å². The van der Waals surface area contributed by atoms with Crippen molar-refractivity contribution in [2.75, 3.05) is 20.6 Å². The van der Waals surface area contributed by atoms with E-state index < -0.39 is 5.97 Å². The molecule has 0 unspecified atom stereocenters. The maximum Gasteiger partial charge on any atom is 0.319 e. The highest BCUT2D eigenvalue weighted by molar-refractivity contribution is 9.10. The summed E-state index contributed by atoms with van der Waals surface area (Å²) >= 11 is 3.40. The third-order valence-electron chi connectivity index (χ3n) is 2.85. The van der Waals surface area contributed by atoms with Gasteiger partial charge in [-0.15, -0.1) is 0 Å². The molecule has 110 valence electrons. The molecule has 2 amide bonds. The Morgan fingerprint density at radius 2 is 1.95 bits per heavy atom. The molecule has 0 aliphatic carbocycles. The second-order valence-electron chi connectivity index (χ2n) is 4.69. The molecule has 0 bridgehead atoms. The van der Waals surface area contributed by atoms with E-state index in [0.717, 1.165) is 10.0 Å². The maximum absolute atomic E-state index is 12.1. The molecule has 1 rings (SSSR count).